The van der Waals surface area contributed by atoms with Gasteiger partial charge in [0.15, 0.2) is 0 Å². The molecule has 0 atom stereocenters. The van der Waals surface area contributed by atoms with E-state index in [1.165, 1.54) is 16.7 Å². The van der Waals surface area contributed by atoms with Crippen molar-refractivity contribution in [1.29, 1.82) is 0 Å². The molecule has 3 aromatic rings. The van der Waals surface area contributed by atoms with Gasteiger partial charge < -0.3 is 5.32 Å². The maximum Gasteiger partial charge on any atom is 0.0695 e. The molecule has 3 rings (SSSR count). The topological polar surface area (TPSA) is 53.6 Å². The molecule has 0 unspecified atom stereocenters. The molecule has 0 aliphatic carbocycles. The summed E-state index contributed by atoms with van der Waals surface area (Å²) in [6.07, 6.45) is 5.51. The minimum Gasteiger partial charge on any atom is -0.313 e. The number of benzene rings is 1. The van der Waals surface area contributed by atoms with Crippen LogP contribution in [-0.4, -0.2) is 21.7 Å². The van der Waals surface area contributed by atoms with Gasteiger partial charge in [-0.25, -0.2) is 0 Å². The molecular formula is C17H18N4. The van der Waals surface area contributed by atoms with Gasteiger partial charge in [-0.3, -0.25) is 10.1 Å². The summed E-state index contributed by atoms with van der Waals surface area (Å²) in [5.41, 5.74) is 5.78. The Hall–Kier alpha value is -2.46. The molecule has 0 spiro atoms. The van der Waals surface area contributed by atoms with E-state index in [4.69, 9.17) is 0 Å². The van der Waals surface area contributed by atoms with Crippen molar-refractivity contribution in [2.24, 2.45) is 0 Å². The monoisotopic (exact) mass is 278 g/mol. The Morgan fingerprint density at radius 1 is 0.952 bits per heavy atom. The highest BCUT2D eigenvalue weighted by Crippen LogP contribution is 2.25. The van der Waals surface area contributed by atoms with Crippen LogP contribution in [0.15, 0.2) is 55.0 Å². The van der Waals surface area contributed by atoms with Crippen molar-refractivity contribution < 1.29 is 0 Å². The third kappa shape index (κ3) is 3.01. The molecular weight excluding hydrogens is 260 g/mol. The van der Waals surface area contributed by atoms with Crippen LogP contribution in [0.1, 0.15) is 12.5 Å². The van der Waals surface area contributed by atoms with Crippen LogP contribution >= 0.6 is 0 Å². The summed E-state index contributed by atoms with van der Waals surface area (Å²) in [6.45, 7) is 3.88. The van der Waals surface area contributed by atoms with Gasteiger partial charge in [0.25, 0.3) is 0 Å². The Labute approximate surface area is 124 Å². The quantitative estimate of drug-likeness (QED) is 0.753. The van der Waals surface area contributed by atoms with E-state index in [0.29, 0.717) is 0 Å². The molecule has 0 amide bonds. The van der Waals surface area contributed by atoms with Crippen LogP contribution in [0.4, 0.5) is 0 Å². The standard InChI is InChI=1S/C17H18N4/c1-2-18-11-16-12-20-21-17(16)15-5-3-13(4-6-15)14-7-9-19-10-8-14/h3-10,12,18H,2,11H2,1H3,(H,20,21). The lowest BCUT2D eigenvalue weighted by molar-refractivity contribution is 0.728. The average Bonchev–Trinajstić information content (AvgIpc) is 3.02. The number of nitrogens with one attached hydrogen (secondary N) is 2. The lowest BCUT2D eigenvalue weighted by Crippen LogP contribution is -2.11. The molecule has 4 nitrogen and oxygen atoms in total. The minimum atomic E-state index is 0.828. The molecule has 21 heavy (non-hydrogen) atoms. The number of rotatable bonds is 5. The number of aromatic amines is 1. The molecule has 106 valence electrons. The highest BCUT2D eigenvalue weighted by atomic mass is 15.1. The molecule has 2 heterocycles. The Morgan fingerprint density at radius 2 is 1.62 bits per heavy atom. The molecule has 0 saturated carbocycles. The van der Waals surface area contributed by atoms with E-state index in [-0.39, 0.29) is 0 Å². The van der Waals surface area contributed by atoms with Crippen LogP contribution in [0.25, 0.3) is 22.4 Å². The van der Waals surface area contributed by atoms with Crippen LogP contribution in [0.5, 0.6) is 0 Å². The first kappa shape index (κ1) is 13.5. The number of aromatic nitrogens is 3. The predicted octanol–water partition coefficient (Wildman–Crippen LogP) is 3.25. The van der Waals surface area contributed by atoms with Crippen LogP contribution < -0.4 is 5.32 Å². The smallest absolute Gasteiger partial charge is 0.0695 e. The maximum absolute atomic E-state index is 4.16. The largest absolute Gasteiger partial charge is 0.313 e. The average molecular weight is 278 g/mol. The van der Waals surface area contributed by atoms with E-state index in [2.05, 4.69) is 51.7 Å². The molecule has 0 aliphatic rings. The van der Waals surface area contributed by atoms with Crippen LogP contribution in [0.2, 0.25) is 0 Å². The summed E-state index contributed by atoms with van der Waals surface area (Å²) in [4.78, 5) is 4.05. The van der Waals surface area contributed by atoms with Gasteiger partial charge in [0.05, 0.1) is 11.9 Å². The Balaban J connectivity index is 1.86. The van der Waals surface area contributed by atoms with Gasteiger partial charge in [0, 0.05) is 24.5 Å². The third-order valence-corrected chi connectivity index (χ3v) is 3.47. The van der Waals surface area contributed by atoms with Crippen molar-refractivity contribution in [3.63, 3.8) is 0 Å². The van der Waals surface area contributed by atoms with Gasteiger partial charge in [0.1, 0.15) is 0 Å². The van der Waals surface area contributed by atoms with E-state index in [1.54, 1.807) is 0 Å². The van der Waals surface area contributed by atoms with Crippen molar-refractivity contribution >= 4 is 0 Å². The molecule has 2 aromatic heterocycles. The number of nitrogens with zero attached hydrogens (tertiary/aromatic N) is 2. The highest BCUT2D eigenvalue weighted by Gasteiger charge is 2.07. The normalized spacial score (nSPS) is 10.7. The molecule has 2 N–H and O–H groups in total. The van der Waals surface area contributed by atoms with Gasteiger partial charge in [0.2, 0.25) is 0 Å². The lowest BCUT2D eigenvalue weighted by atomic mass is 10.0. The number of hydrogen-bond donors (Lipinski definition) is 2. The number of hydrogen-bond acceptors (Lipinski definition) is 3. The second kappa shape index (κ2) is 6.33. The lowest BCUT2D eigenvalue weighted by Gasteiger charge is -2.06. The van der Waals surface area contributed by atoms with Crippen molar-refractivity contribution in [3.05, 3.63) is 60.6 Å². The fraction of sp³-hybridized carbons (Fsp3) is 0.176. The van der Waals surface area contributed by atoms with Crippen LogP contribution in [0.3, 0.4) is 0 Å². The van der Waals surface area contributed by atoms with E-state index in [0.717, 1.165) is 24.3 Å². The number of H-pyrrole nitrogens is 1. The van der Waals surface area contributed by atoms with E-state index < -0.39 is 0 Å². The van der Waals surface area contributed by atoms with Gasteiger partial charge in [-0.15, -0.1) is 0 Å². The van der Waals surface area contributed by atoms with Crippen molar-refractivity contribution in [1.82, 2.24) is 20.5 Å². The van der Waals surface area contributed by atoms with Gasteiger partial charge in [-0.2, -0.15) is 5.10 Å². The molecule has 0 radical (unpaired) electrons. The molecule has 1 aromatic carbocycles. The Bertz CT molecular complexity index is 686. The fourth-order valence-corrected chi connectivity index (χ4v) is 2.33. The van der Waals surface area contributed by atoms with Crippen molar-refractivity contribution in [2.75, 3.05) is 6.54 Å². The highest BCUT2D eigenvalue weighted by molar-refractivity contribution is 5.69. The van der Waals surface area contributed by atoms with Crippen LogP contribution in [0, 0.1) is 0 Å². The zero-order valence-electron chi connectivity index (χ0n) is 12.0. The van der Waals surface area contributed by atoms with E-state index in [9.17, 15) is 0 Å². The minimum absolute atomic E-state index is 0.828. The van der Waals surface area contributed by atoms with E-state index in [1.807, 2.05) is 30.7 Å². The summed E-state index contributed by atoms with van der Waals surface area (Å²) < 4.78 is 0. The number of pyridine rings is 1. The summed E-state index contributed by atoms with van der Waals surface area (Å²) in [7, 11) is 0. The first-order valence-corrected chi connectivity index (χ1v) is 7.12. The molecule has 4 heteroatoms. The Kier molecular flexibility index (Phi) is 4.07. The fourth-order valence-electron chi connectivity index (χ4n) is 2.33. The SMILES string of the molecule is CCNCc1cn[nH]c1-c1ccc(-c2ccncc2)cc1. The van der Waals surface area contributed by atoms with Crippen molar-refractivity contribution in [2.45, 2.75) is 13.5 Å². The summed E-state index contributed by atoms with van der Waals surface area (Å²) in [5, 5.41) is 10.6. The van der Waals surface area contributed by atoms with E-state index >= 15 is 0 Å². The predicted molar refractivity (Wildman–Crippen MR) is 84.6 cm³/mol. The summed E-state index contributed by atoms with van der Waals surface area (Å²) in [5.74, 6) is 0. The Morgan fingerprint density at radius 3 is 2.33 bits per heavy atom. The zero-order valence-corrected chi connectivity index (χ0v) is 12.0. The second-order valence-electron chi connectivity index (χ2n) is 4.86. The molecule has 0 saturated heterocycles. The van der Waals surface area contributed by atoms with Gasteiger partial charge >= 0.3 is 0 Å². The first-order chi connectivity index (χ1) is 10.4. The zero-order chi connectivity index (χ0) is 14.5. The molecule has 0 aliphatic heterocycles. The van der Waals surface area contributed by atoms with Crippen molar-refractivity contribution in [3.8, 4) is 22.4 Å². The summed E-state index contributed by atoms with van der Waals surface area (Å²) in [6, 6.07) is 12.5. The molecule has 0 fully saturated rings. The molecule has 0 bridgehead atoms. The van der Waals surface area contributed by atoms with Gasteiger partial charge in [-0.1, -0.05) is 31.2 Å². The van der Waals surface area contributed by atoms with Crippen LogP contribution in [-0.2, 0) is 6.54 Å². The van der Waals surface area contributed by atoms with Gasteiger partial charge in [-0.05, 0) is 35.4 Å². The first-order valence-electron chi connectivity index (χ1n) is 7.12. The third-order valence-electron chi connectivity index (χ3n) is 3.47. The summed E-state index contributed by atoms with van der Waals surface area (Å²) >= 11 is 0. The maximum atomic E-state index is 4.16. The second-order valence-corrected chi connectivity index (χ2v) is 4.86.